The van der Waals surface area contributed by atoms with Crippen LogP contribution in [0, 0.1) is 10.1 Å². The van der Waals surface area contributed by atoms with Crippen molar-refractivity contribution in [1.29, 1.82) is 0 Å². The molecular formula is C26H24BrN3O5. The Balaban J connectivity index is 1.54. The van der Waals surface area contributed by atoms with Gasteiger partial charge in [-0.15, -0.1) is 0 Å². The van der Waals surface area contributed by atoms with Gasteiger partial charge in [-0.1, -0.05) is 48.5 Å². The number of hydrogen-bond donors (Lipinski definition) is 2. The van der Waals surface area contributed by atoms with E-state index >= 15 is 0 Å². The van der Waals surface area contributed by atoms with Gasteiger partial charge >= 0.3 is 0 Å². The van der Waals surface area contributed by atoms with Crippen LogP contribution in [0.25, 0.3) is 0 Å². The lowest BCUT2D eigenvalue weighted by Crippen LogP contribution is -2.54. The number of nitrogens with one attached hydrogen (secondary N) is 2. The van der Waals surface area contributed by atoms with Crippen LogP contribution in [-0.4, -0.2) is 30.0 Å². The largest absolute Gasteiger partial charge is 0.493 e. The highest BCUT2D eigenvalue weighted by Crippen LogP contribution is 2.51. The number of carbonyl (C=O) groups excluding carboxylic acids is 1. The van der Waals surface area contributed by atoms with Crippen molar-refractivity contribution in [2.75, 3.05) is 12.4 Å². The van der Waals surface area contributed by atoms with Crippen LogP contribution in [0.2, 0.25) is 0 Å². The van der Waals surface area contributed by atoms with Crippen LogP contribution in [-0.2, 0) is 16.9 Å². The molecule has 2 N–H and O–H groups in total. The number of hydrogen-bond acceptors (Lipinski definition) is 6. The van der Waals surface area contributed by atoms with Crippen molar-refractivity contribution < 1.29 is 19.2 Å². The first kappa shape index (κ1) is 23.3. The van der Waals surface area contributed by atoms with E-state index in [4.69, 9.17) is 9.47 Å². The zero-order valence-electron chi connectivity index (χ0n) is 19.2. The van der Waals surface area contributed by atoms with Crippen LogP contribution >= 0.6 is 15.9 Å². The molecule has 8 nitrogen and oxygen atoms in total. The summed E-state index contributed by atoms with van der Waals surface area (Å²) in [4.78, 5) is 25.4. The topological polar surface area (TPSA) is 103 Å². The second-order valence-electron chi connectivity index (χ2n) is 8.81. The molecule has 0 unspecified atom stereocenters. The predicted octanol–water partition coefficient (Wildman–Crippen LogP) is 4.60. The summed E-state index contributed by atoms with van der Waals surface area (Å²) in [6, 6.07) is 18.8. The summed E-state index contributed by atoms with van der Waals surface area (Å²) in [6.07, 6.45) is 0. The summed E-state index contributed by atoms with van der Waals surface area (Å²) in [7, 11) is 1.53. The highest BCUT2D eigenvalue weighted by Gasteiger charge is 2.67. The standard InChI is InChI=1S/C26H24BrN3O5/c1-15-22(24(30(32)33)26(29-15)18-10-6-7-11-20(18)28-25(26)31)17-12-19(27)23(21(13-17)34-2)35-14-16-8-4-3-5-9-16/h3-13,15,22,24,29H,14H2,1-2H3,(H,28,31)/t15-,22-,24+,26-/m0/s1. The van der Waals surface area contributed by atoms with Crippen molar-refractivity contribution in [3.05, 3.63) is 98.0 Å². The molecule has 0 saturated carbocycles. The summed E-state index contributed by atoms with van der Waals surface area (Å²) in [5, 5.41) is 18.6. The summed E-state index contributed by atoms with van der Waals surface area (Å²) in [5.74, 6) is -0.0502. The van der Waals surface area contributed by atoms with E-state index < -0.39 is 23.4 Å². The molecule has 3 aromatic carbocycles. The quantitative estimate of drug-likeness (QED) is 0.351. The molecule has 1 amide bonds. The molecule has 2 aliphatic rings. The van der Waals surface area contributed by atoms with Crippen molar-refractivity contribution in [3.8, 4) is 11.5 Å². The van der Waals surface area contributed by atoms with Gasteiger partial charge in [0.25, 0.3) is 11.9 Å². The van der Waals surface area contributed by atoms with Crippen LogP contribution < -0.4 is 20.1 Å². The van der Waals surface area contributed by atoms with E-state index in [-0.39, 0.29) is 11.0 Å². The molecule has 0 radical (unpaired) electrons. The molecule has 1 fully saturated rings. The molecule has 180 valence electrons. The smallest absolute Gasteiger partial charge is 0.256 e. The van der Waals surface area contributed by atoms with Crippen molar-refractivity contribution >= 4 is 27.5 Å². The van der Waals surface area contributed by atoms with Gasteiger partial charge in [-0.25, -0.2) is 0 Å². The molecule has 0 bridgehead atoms. The lowest BCUT2D eigenvalue weighted by atomic mass is 9.78. The van der Waals surface area contributed by atoms with Crippen molar-refractivity contribution in [3.63, 3.8) is 0 Å². The number of nitrogens with zero attached hydrogens (tertiary/aromatic N) is 1. The van der Waals surface area contributed by atoms with Crippen LogP contribution in [0.4, 0.5) is 5.69 Å². The zero-order chi connectivity index (χ0) is 24.7. The average molecular weight is 538 g/mol. The maximum Gasteiger partial charge on any atom is 0.256 e. The van der Waals surface area contributed by atoms with Crippen LogP contribution in [0.1, 0.15) is 29.5 Å². The molecule has 35 heavy (non-hydrogen) atoms. The molecular weight excluding hydrogens is 514 g/mol. The van der Waals surface area contributed by atoms with E-state index in [1.807, 2.05) is 43.3 Å². The first-order chi connectivity index (χ1) is 16.9. The van der Waals surface area contributed by atoms with Gasteiger partial charge in [0.1, 0.15) is 6.61 Å². The third-order valence-corrected chi connectivity index (χ3v) is 7.41. The van der Waals surface area contributed by atoms with Crippen molar-refractivity contribution in [2.24, 2.45) is 0 Å². The van der Waals surface area contributed by atoms with Gasteiger partial charge in [-0.2, -0.15) is 0 Å². The molecule has 4 atom stereocenters. The van der Waals surface area contributed by atoms with Crippen LogP contribution in [0.5, 0.6) is 11.5 Å². The number of halogens is 1. The minimum Gasteiger partial charge on any atom is -0.493 e. The second kappa shape index (κ2) is 8.98. The Labute approximate surface area is 210 Å². The maximum absolute atomic E-state index is 13.2. The number of fused-ring (bicyclic) bond motifs is 2. The average Bonchev–Trinajstić information content (AvgIpc) is 3.32. The van der Waals surface area contributed by atoms with Gasteiger partial charge in [0.05, 0.1) is 17.5 Å². The Morgan fingerprint density at radius 2 is 1.83 bits per heavy atom. The monoisotopic (exact) mass is 537 g/mol. The van der Waals surface area contributed by atoms with Gasteiger partial charge in [-0.05, 0) is 52.2 Å². The number of para-hydroxylation sites is 1. The highest BCUT2D eigenvalue weighted by atomic mass is 79.9. The molecule has 2 aliphatic heterocycles. The number of ether oxygens (including phenoxy) is 2. The maximum atomic E-state index is 13.2. The lowest BCUT2D eigenvalue weighted by molar-refractivity contribution is -0.532. The highest BCUT2D eigenvalue weighted by molar-refractivity contribution is 9.10. The minimum atomic E-state index is -1.47. The lowest BCUT2D eigenvalue weighted by Gasteiger charge is -2.25. The summed E-state index contributed by atoms with van der Waals surface area (Å²) < 4.78 is 12.3. The molecule has 1 saturated heterocycles. The Hall–Kier alpha value is -3.43. The Bertz CT molecular complexity index is 1300. The first-order valence-corrected chi connectivity index (χ1v) is 12.0. The van der Waals surface area contributed by atoms with Gasteiger partial charge in [0.2, 0.25) is 0 Å². The Kier molecular flexibility index (Phi) is 5.98. The molecule has 0 aliphatic carbocycles. The predicted molar refractivity (Wildman–Crippen MR) is 134 cm³/mol. The van der Waals surface area contributed by atoms with Gasteiger partial charge in [-0.3, -0.25) is 20.2 Å². The molecule has 3 aromatic rings. The van der Waals surface area contributed by atoms with Crippen LogP contribution in [0.3, 0.4) is 0 Å². The van der Waals surface area contributed by atoms with Gasteiger partial charge in [0, 0.05) is 22.2 Å². The number of anilines is 1. The summed E-state index contributed by atoms with van der Waals surface area (Å²) in [5.41, 5.74) is 1.40. The number of nitro groups is 1. The number of methoxy groups -OCH3 is 1. The fourth-order valence-electron chi connectivity index (χ4n) is 5.36. The number of rotatable bonds is 6. The Morgan fingerprint density at radius 3 is 2.54 bits per heavy atom. The van der Waals surface area contributed by atoms with Gasteiger partial charge in [0.15, 0.2) is 17.0 Å². The zero-order valence-corrected chi connectivity index (χ0v) is 20.7. The summed E-state index contributed by atoms with van der Waals surface area (Å²) in [6.45, 7) is 2.21. The number of carbonyl (C=O) groups is 1. The number of amides is 1. The van der Waals surface area contributed by atoms with E-state index in [1.165, 1.54) is 7.11 Å². The summed E-state index contributed by atoms with van der Waals surface area (Å²) >= 11 is 3.57. The van der Waals surface area contributed by atoms with E-state index in [2.05, 4.69) is 26.6 Å². The third-order valence-electron chi connectivity index (χ3n) is 6.83. The normalized spacial score (nSPS) is 24.8. The van der Waals surface area contributed by atoms with E-state index in [0.717, 1.165) is 5.56 Å². The minimum absolute atomic E-state index is 0.341. The van der Waals surface area contributed by atoms with Crippen molar-refractivity contribution in [1.82, 2.24) is 5.32 Å². The van der Waals surface area contributed by atoms with Crippen molar-refractivity contribution in [2.45, 2.75) is 37.1 Å². The van der Waals surface area contributed by atoms with E-state index in [9.17, 15) is 14.9 Å². The first-order valence-electron chi connectivity index (χ1n) is 11.2. The molecule has 9 heteroatoms. The molecule has 5 rings (SSSR count). The van der Waals surface area contributed by atoms with E-state index in [0.29, 0.717) is 39.4 Å². The fraction of sp³-hybridized carbons (Fsp3) is 0.269. The van der Waals surface area contributed by atoms with Gasteiger partial charge < -0.3 is 14.8 Å². The second-order valence-corrected chi connectivity index (χ2v) is 9.66. The Morgan fingerprint density at radius 1 is 1.11 bits per heavy atom. The van der Waals surface area contributed by atoms with E-state index in [1.54, 1.807) is 30.3 Å². The molecule has 0 aromatic heterocycles. The fourth-order valence-corrected chi connectivity index (χ4v) is 5.93. The number of benzene rings is 3. The molecule has 1 spiro atoms. The SMILES string of the molecule is COc1cc([C@@H]2[C@H](C)N[C@]3(C(=O)Nc4ccccc43)[C@@H]2[N+](=O)[O-])cc(Br)c1OCc1ccccc1. The van der Waals surface area contributed by atoms with Crippen LogP contribution in [0.15, 0.2) is 71.2 Å². The molecule has 2 heterocycles. The third kappa shape index (κ3) is 3.75.